The molecule has 1 atom stereocenters. The molecule has 8 heteroatoms. The molecule has 1 aromatic heterocycles. The van der Waals surface area contributed by atoms with E-state index in [1.165, 1.54) is 0 Å². The standard InChI is InChI=1S/C29H30N2O6/c1-18-13-22-25(23(14-18)30-24(32)16-19-7-5-8-20(15-19)36-2)27(33)31(17-21-9-6-12-37-21)29(10-3-4-11-29)26(22)28(34)35/h5-9,12-15,26H,3-4,10-11,16-17H2,1-2H3,(H,30,32)(H,34,35)/t26-/m0/s1. The number of hydrogen-bond acceptors (Lipinski definition) is 5. The molecule has 192 valence electrons. The number of hydrogen-bond donors (Lipinski definition) is 2. The highest BCUT2D eigenvalue weighted by atomic mass is 16.5. The van der Waals surface area contributed by atoms with Gasteiger partial charge in [0.05, 0.1) is 43.1 Å². The van der Waals surface area contributed by atoms with E-state index < -0.39 is 17.4 Å². The summed E-state index contributed by atoms with van der Waals surface area (Å²) in [5.41, 5.74) is 1.72. The number of methoxy groups -OCH3 is 1. The van der Waals surface area contributed by atoms with E-state index in [1.807, 2.05) is 19.1 Å². The van der Waals surface area contributed by atoms with Crippen LogP contribution < -0.4 is 10.1 Å². The average molecular weight is 503 g/mol. The number of carbonyl (C=O) groups excluding carboxylic acids is 2. The van der Waals surface area contributed by atoms with E-state index in [0.717, 1.165) is 24.0 Å². The predicted molar refractivity (Wildman–Crippen MR) is 137 cm³/mol. The van der Waals surface area contributed by atoms with Crippen molar-refractivity contribution in [1.82, 2.24) is 4.90 Å². The number of carboxylic acid groups (broad SMARTS) is 1. The van der Waals surface area contributed by atoms with Crippen LogP contribution in [0.25, 0.3) is 0 Å². The summed E-state index contributed by atoms with van der Waals surface area (Å²) >= 11 is 0. The van der Waals surface area contributed by atoms with Gasteiger partial charge in [-0.15, -0.1) is 0 Å². The number of ether oxygens (including phenoxy) is 1. The van der Waals surface area contributed by atoms with Crippen molar-refractivity contribution in [3.63, 3.8) is 0 Å². The largest absolute Gasteiger partial charge is 0.497 e. The molecular weight excluding hydrogens is 472 g/mol. The Hall–Kier alpha value is -4.07. The number of aryl methyl sites for hydroxylation is 1. The van der Waals surface area contributed by atoms with Gasteiger partial charge in [-0.3, -0.25) is 14.4 Å². The van der Waals surface area contributed by atoms with Crippen molar-refractivity contribution in [3.8, 4) is 5.75 Å². The number of rotatable bonds is 7. The summed E-state index contributed by atoms with van der Waals surface area (Å²) in [5, 5.41) is 13.4. The Balaban J connectivity index is 1.56. The first kappa shape index (κ1) is 24.6. The molecule has 5 rings (SSSR count). The highest BCUT2D eigenvalue weighted by molar-refractivity contribution is 6.08. The van der Waals surface area contributed by atoms with Crippen molar-refractivity contribution >= 4 is 23.5 Å². The second kappa shape index (κ2) is 9.76. The summed E-state index contributed by atoms with van der Waals surface area (Å²) in [6.45, 7) is 2.01. The Morgan fingerprint density at radius 2 is 1.95 bits per heavy atom. The van der Waals surface area contributed by atoms with Gasteiger partial charge in [0.2, 0.25) is 5.91 Å². The number of anilines is 1. The van der Waals surface area contributed by atoms with E-state index >= 15 is 0 Å². The van der Waals surface area contributed by atoms with E-state index in [4.69, 9.17) is 9.15 Å². The number of furan rings is 1. The highest BCUT2D eigenvalue weighted by Gasteiger charge is 2.56. The maximum Gasteiger partial charge on any atom is 0.313 e. The fourth-order valence-corrected chi connectivity index (χ4v) is 6.02. The van der Waals surface area contributed by atoms with Gasteiger partial charge in [0.15, 0.2) is 0 Å². The third-order valence-corrected chi connectivity index (χ3v) is 7.54. The van der Waals surface area contributed by atoms with Crippen LogP contribution in [0.3, 0.4) is 0 Å². The molecule has 3 aromatic rings. The molecule has 2 N–H and O–H groups in total. The van der Waals surface area contributed by atoms with Crippen molar-refractivity contribution in [2.45, 2.75) is 57.0 Å². The van der Waals surface area contributed by atoms with Gasteiger partial charge < -0.3 is 24.5 Å². The lowest BCUT2D eigenvalue weighted by molar-refractivity contribution is -0.143. The molecule has 2 aromatic carbocycles. The number of nitrogens with zero attached hydrogens (tertiary/aromatic N) is 1. The monoisotopic (exact) mass is 502 g/mol. The quantitative estimate of drug-likeness (QED) is 0.475. The van der Waals surface area contributed by atoms with Crippen molar-refractivity contribution in [3.05, 3.63) is 82.8 Å². The summed E-state index contributed by atoms with van der Waals surface area (Å²) < 4.78 is 10.8. The van der Waals surface area contributed by atoms with Gasteiger partial charge in [-0.2, -0.15) is 0 Å². The highest BCUT2D eigenvalue weighted by Crippen LogP contribution is 2.52. The maximum atomic E-state index is 14.2. The zero-order valence-corrected chi connectivity index (χ0v) is 21.0. The number of nitrogens with one attached hydrogen (secondary N) is 1. The van der Waals surface area contributed by atoms with Crippen LogP contribution in [0.2, 0.25) is 0 Å². The Labute approximate surface area is 215 Å². The summed E-state index contributed by atoms with van der Waals surface area (Å²) in [7, 11) is 1.56. The molecule has 1 aliphatic heterocycles. The normalized spacial score (nSPS) is 18.1. The third kappa shape index (κ3) is 4.48. The van der Waals surface area contributed by atoms with E-state index in [0.29, 0.717) is 35.6 Å². The first-order chi connectivity index (χ1) is 17.8. The first-order valence-electron chi connectivity index (χ1n) is 12.5. The second-order valence-corrected chi connectivity index (χ2v) is 9.91. The van der Waals surface area contributed by atoms with E-state index in [2.05, 4.69) is 5.32 Å². The molecule has 2 heterocycles. The minimum Gasteiger partial charge on any atom is -0.497 e. The molecule has 0 unspecified atom stereocenters. The number of aliphatic carboxylic acids is 1. The molecule has 0 saturated heterocycles. The minimum atomic E-state index is -0.973. The van der Waals surface area contributed by atoms with Gasteiger partial charge in [0.1, 0.15) is 17.4 Å². The van der Waals surface area contributed by atoms with Crippen molar-refractivity contribution in [2.75, 3.05) is 12.4 Å². The Morgan fingerprint density at radius 3 is 2.62 bits per heavy atom. The van der Waals surface area contributed by atoms with Crippen molar-refractivity contribution in [2.24, 2.45) is 0 Å². The number of amides is 2. The molecular formula is C29H30N2O6. The van der Waals surface area contributed by atoms with Crippen molar-refractivity contribution in [1.29, 1.82) is 0 Å². The van der Waals surface area contributed by atoms with E-state index in [9.17, 15) is 19.5 Å². The second-order valence-electron chi connectivity index (χ2n) is 9.91. The van der Waals surface area contributed by atoms with Gasteiger partial charge in [0, 0.05) is 0 Å². The molecule has 2 aliphatic rings. The lowest BCUT2D eigenvalue weighted by Gasteiger charge is -2.49. The number of carboxylic acids is 1. The SMILES string of the molecule is COc1cccc(CC(=O)Nc2cc(C)cc3c2C(=O)N(Cc2ccco2)C2(CCCC2)[C@@H]3C(=O)O)c1. The molecule has 1 spiro atoms. The Bertz CT molecular complexity index is 1340. The minimum absolute atomic E-state index is 0.0799. The van der Waals surface area contributed by atoms with Gasteiger partial charge >= 0.3 is 5.97 Å². The van der Waals surface area contributed by atoms with Crippen molar-refractivity contribution < 1.29 is 28.6 Å². The zero-order chi connectivity index (χ0) is 26.2. The lowest BCUT2D eigenvalue weighted by atomic mass is 9.70. The van der Waals surface area contributed by atoms with Gasteiger partial charge in [0.25, 0.3) is 5.91 Å². The maximum absolute atomic E-state index is 14.2. The van der Waals surface area contributed by atoms with Crippen LogP contribution in [0.5, 0.6) is 5.75 Å². The molecule has 1 saturated carbocycles. The fourth-order valence-electron chi connectivity index (χ4n) is 6.02. The van der Waals surface area contributed by atoms with Gasteiger partial charge in [-0.1, -0.05) is 31.0 Å². The summed E-state index contributed by atoms with van der Waals surface area (Å²) in [5.74, 6) is -1.25. The van der Waals surface area contributed by atoms with Crippen LogP contribution in [-0.4, -0.2) is 40.4 Å². The van der Waals surface area contributed by atoms with Gasteiger partial charge in [-0.25, -0.2) is 0 Å². The van der Waals surface area contributed by atoms with Crippen LogP contribution in [-0.2, 0) is 22.6 Å². The third-order valence-electron chi connectivity index (χ3n) is 7.54. The topological polar surface area (TPSA) is 109 Å². The van der Waals surface area contributed by atoms with Crippen LogP contribution in [0.4, 0.5) is 5.69 Å². The summed E-state index contributed by atoms with van der Waals surface area (Å²) in [6.07, 6.45) is 4.51. The lowest BCUT2D eigenvalue weighted by Crippen LogP contribution is -2.58. The van der Waals surface area contributed by atoms with Crippen LogP contribution in [0.15, 0.2) is 59.2 Å². The van der Waals surface area contributed by atoms with E-state index in [-0.39, 0.29) is 30.3 Å². The number of fused-ring (bicyclic) bond motifs is 1. The Kier molecular flexibility index (Phi) is 6.50. The molecule has 2 amide bonds. The summed E-state index contributed by atoms with van der Waals surface area (Å²) in [6, 6.07) is 14.3. The molecule has 37 heavy (non-hydrogen) atoms. The summed E-state index contributed by atoms with van der Waals surface area (Å²) in [4.78, 5) is 41.7. The van der Waals surface area contributed by atoms with Crippen LogP contribution >= 0.6 is 0 Å². The van der Waals surface area contributed by atoms with Crippen LogP contribution in [0.1, 0.15) is 64.4 Å². The molecule has 1 aliphatic carbocycles. The van der Waals surface area contributed by atoms with Gasteiger partial charge in [-0.05, 0) is 66.8 Å². The fraction of sp³-hybridized carbons (Fsp3) is 0.345. The van der Waals surface area contributed by atoms with Crippen LogP contribution in [0, 0.1) is 6.92 Å². The molecule has 8 nitrogen and oxygen atoms in total. The zero-order valence-electron chi connectivity index (χ0n) is 21.0. The smallest absolute Gasteiger partial charge is 0.313 e. The van der Waals surface area contributed by atoms with E-state index in [1.54, 1.807) is 54.7 Å². The molecule has 1 fully saturated rings. The average Bonchev–Trinajstić information content (AvgIpc) is 3.54. The molecule has 0 bridgehead atoms. The first-order valence-corrected chi connectivity index (χ1v) is 12.5. The number of carbonyl (C=O) groups is 3. The predicted octanol–water partition coefficient (Wildman–Crippen LogP) is 4.91. The Morgan fingerprint density at radius 1 is 1.16 bits per heavy atom. The molecule has 0 radical (unpaired) electrons. The number of benzene rings is 2.